The average Bonchev–Trinajstić information content (AvgIpc) is 2.85. The van der Waals surface area contributed by atoms with Crippen molar-refractivity contribution in [3.63, 3.8) is 0 Å². The number of likely N-dealkylation sites (tertiary alicyclic amines) is 1. The molecule has 0 saturated carbocycles. The Balaban J connectivity index is 1.53. The number of nitrogens with zero attached hydrogens (tertiary/aromatic N) is 3. The third kappa shape index (κ3) is 6.28. The molecule has 1 atom stereocenters. The Bertz CT molecular complexity index is 1130. The molecule has 2 aromatic rings. The lowest BCUT2D eigenvalue weighted by Gasteiger charge is -2.43. The highest BCUT2D eigenvalue weighted by Crippen LogP contribution is 2.34. The van der Waals surface area contributed by atoms with E-state index in [1.54, 1.807) is 30.6 Å². The third-order valence-corrected chi connectivity index (χ3v) is 6.92. The first-order chi connectivity index (χ1) is 17.9. The van der Waals surface area contributed by atoms with Crippen molar-refractivity contribution < 1.29 is 31.9 Å². The van der Waals surface area contributed by atoms with E-state index in [1.165, 1.54) is 17.0 Å². The van der Waals surface area contributed by atoms with Crippen LogP contribution in [-0.2, 0) is 9.53 Å². The second-order valence-corrected chi connectivity index (χ2v) is 10.8. The van der Waals surface area contributed by atoms with E-state index in [2.05, 4.69) is 0 Å². The van der Waals surface area contributed by atoms with E-state index < -0.39 is 47.0 Å². The van der Waals surface area contributed by atoms with Crippen molar-refractivity contribution in [1.29, 1.82) is 0 Å². The molecule has 2 aliphatic rings. The van der Waals surface area contributed by atoms with Crippen LogP contribution in [0.2, 0.25) is 0 Å². The van der Waals surface area contributed by atoms with Gasteiger partial charge in [-0.15, -0.1) is 0 Å². The summed E-state index contributed by atoms with van der Waals surface area (Å²) in [5.41, 5.74) is -0.575. The topological polar surface area (TPSA) is 53.1 Å². The molecular formula is C28H33F4N3O3. The molecule has 2 saturated heterocycles. The Kier molecular flexibility index (Phi) is 8.30. The van der Waals surface area contributed by atoms with Gasteiger partial charge in [-0.25, -0.2) is 22.4 Å². The highest BCUT2D eigenvalue weighted by atomic mass is 19.1. The largest absolute Gasteiger partial charge is 0.444 e. The first-order valence-corrected chi connectivity index (χ1v) is 12.9. The summed E-state index contributed by atoms with van der Waals surface area (Å²) in [5, 5.41) is 0. The number of halogens is 4. The van der Waals surface area contributed by atoms with E-state index in [4.69, 9.17) is 4.74 Å². The van der Waals surface area contributed by atoms with Crippen molar-refractivity contribution in [2.24, 2.45) is 0 Å². The second-order valence-electron chi connectivity index (χ2n) is 10.8. The monoisotopic (exact) mass is 535 g/mol. The molecule has 0 aromatic heterocycles. The molecule has 2 heterocycles. The molecule has 2 amide bonds. The fourth-order valence-electron chi connectivity index (χ4n) is 5.15. The van der Waals surface area contributed by atoms with Crippen LogP contribution in [0.25, 0.3) is 0 Å². The Morgan fingerprint density at radius 1 is 0.842 bits per heavy atom. The predicted octanol–water partition coefficient (Wildman–Crippen LogP) is 5.27. The number of piperidine rings is 1. The Morgan fingerprint density at radius 2 is 1.39 bits per heavy atom. The van der Waals surface area contributed by atoms with Gasteiger partial charge in [-0.1, -0.05) is 12.1 Å². The lowest BCUT2D eigenvalue weighted by Crippen LogP contribution is -2.58. The number of amides is 2. The molecule has 0 aliphatic carbocycles. The Hall–Kier alpha value is -3.14. The van der Waals surface area contributed by atoms with Crippen molar-refractivity contribution in [2.75, 3.05) is 32.7 Å². The number of hydrogen-bond acceptors (Lipinski definition) is 4. The minimum Gasteiger partial charge on any atom is -0.444 e. The zero-order valence-electron chi connectivity index (χ0n) is 21.9. The molecule has 2 fully saturated rings. The molecule has 0 spiro atoms. The van der Waals surface area contributed by atoms with E-state index in [0.717, 1.165) is 37.1 Å². The summed E-state index contributed by atoms with van der Waals surface area (Å²) in [6.45, 7) is 6.81. The summed E-state index contributed by atoms with van der Waals surface area (Å²) in [7, 11) is 0. The highest BCUT2D eigenvalue weighted by molar-refractivity contribution is 5.86. The van der Waals surface area contributed by atoms with Gasteiger partial charge in [-0.3, -0.25) is 14.6 Å². The number of piperazine rings is 1. The summed E-state index contributed by atoms with van der Waals surface area (Å²) in [6, 6.07) is 4.61. The summed E-state index contributed by atoms with van der Waals surface area (Å²) < 4.78 is 62.5. The van der Waals surface area contributed by atoms with E-state index in [9.17, 15) is 27.2 Å². The number of hydrogen-bond donors (Lipinski definition) is 0. The van der Waals surface area contributed by atoms with E-state index in [-0.39, 0.29) is 43.2 Å². The van der Waals surface area contributed by atoms with E-state index >= 15 is 0 Å². The van der Waals surface area contributed by atoms with Crippen LogP contribution in [0.1, 0.15) is 57.2 Å². The third-order valence-electron chi connectivity index (χ3n) is 6.92. The van der Waals surface area contributed by atoms with E-state index in [0.29, 0.717) is 13.0 Å². The van der Waals surface area contributed by atoms with Gasteiger partial charge in [0.05, 0.1) is 6.04 Å². The normalized spacial score (nSPS) is 19.1. The van der Waals surface area contributed by atoms with E-state index in [1.807, 2.05) is 0 Å². The van der Waals surface area contributed by atoms with Crippen molar-refractivity contribution in [3.8, 4) is 0 Å². The van der Waals surface area contributed by atoms with Crippen LogP contribution in [-0.4, -0.2) is 71.1 Å². The average molecular weight is 536 g/mol. The van der Waals surface area contributed by atoms with Gasteiger partial charge in [0.25, 0.3) is 0 Å². The van der Waals surface area contributed by atoms with Crippen LogP contribution in [0.5, 0.6) is 0 Å². The number of ether oxygens (including phenoxy) is 1. The van der Waals surface area contributed by atoms with Crippen LogP contribution in [0.3, 0.4) is 0 Å². The van der Waals surface area contributed by atoms with Gasteiger partial charge in [0.15, 0.2) is 0 Å². The van der Waals surface area contributed by atoms with Crippen LogP contribution in [0.4, 0.5) is 22.4 Å². The molecule has 0 bridgehead atoms. The Labute approximate surface area is 220 Å². The fraction of sp³-hybridized carbons (Fsp3) is 0.500. The van der Waals surface area contributed by atoms with Crippen LogP contribution in [0, 0.1) is 23.3 Å². The van der Waals surface area contributed by atoms with Gasteiger partial charge in [0, 0.05) is 56.0 Å². The van der Waals surface area contributed by atoms with Crippen molar-refractivity contribution >= 4 is 12.0 Å². The fourth-order valence-corrected chi connectivity index (χ4v) is 5.15. The lowest BCUT2D eigenvalue weighted by atomic mass is 9.95. The second kappa shape index (κ2) is 11.3. The van der Waals surface area contributed by atoms with Crippen molar-refractivity contribution in [3.05, 3.63) is 70.8 Å². The smallest absolute Gasteiger partial charge is 0.410 e. The summed E-state index contributed by atoms with van der Waals surface area (Å²) in [4.78, 5) is 31.2. The lowest BCUT2D eigenvalue weighted by molar-refractivity contribution is -0.140. The van der Waals surface area contributed by atoms with Gasteiger partial charge < -0.3 is 9.64 Å². The van der Waals surface area contributed by atoms with Crippen molar-refractivity contribution in [2.45, 2.75) is 57.7 Å². The molecule has 10 heteroatoms. The van der Waals surface area contributed by atoms with Gasteiger partial charge in [0.1, 0.15) is 34.9 Å². The first-order valence-electron chi connectivity index (χ1n) is 12.9. The summed E-state index contributed by atoms with van der Waals surface area (Å²) in [5.74, 6) is -3.39. The minimum absolute atomic E-state index is 0.0556. The molecule has 0 unspecified atom stereocenters. The summed E-state index contributed by atoms with van der Waals surface area (Å²) in [6.07, 6.45) is 1.60. The molecule has 6 nitrogen and oxygen atoms in total. The molecule has 2 aromatic carbocycles. The molecular weight excluding hydrogens is 502 g/mol. The van der Waals surface area contributed by atoms with Gasteiger partial charge >= 0.3 is 6.09 Å². The molecule has 4 rings (SSSR count). The maximum atomic E-state index is 14.9. The van der Waals surface area contributed by atoms with Crippen molar-refractivity contribution in [1.82, 2.24) is 14.7 Å². The summed E-state index contributed by atoms with van der Waals surface area (Å²) >= 11 is 0. The SMILES string of the molecule is CC(C)(C)OC(=O)N1CCCC[C@H]1C(=O)N1CCN(C(c2ccc(F)cc2F)c2ccc(F)cc2F)CC1. The standard InChI is InChI=1S/C28H33F4N3O3/c1-28(2,3)38-27(37)35-11-5-4-6-24(35)26(36)34-14-12-33(13-15-34)25(20-9-7-18(29)16-22(20)31)21-10-8-19(30)17-23(21)32/h7-10,16-17,24-25H,4-6,11-15H2,1-3H3/t24-/m0/s1. The zero-order valence-corrected chi connectivity index (χ0v) is 21.9. The van der Waals surface area contributed by atoms with Gasteiger partial charge in [-0.2, -0.15) is 0 Å². The number of benzene rings is 2. The maximum Gasteiger partial charge on any atom is 0.410 e. The first kappa shape index (κ1) is 27.9. The quantitative estimate of drug-likeness (QED) is 0.501. The molecule has 38 heavy (non-hydrogen) atoms. The minimum atomic E-state index is -0.943. The number of carbonyl (C=O) groups is 2. The zero-order chi connectivity index (χ0) is 27.6. The van der Waals surface area contributed by atoms with Crippen LogP contribution >= 0.6 is 0 Å². The molecule has 2 aliphatic heterocycles. The molecule has 206 valence electrons. The van der Waals surface area contributed by atoms with Gasteiger partial charge in [-0.05, 0) is 52.2 Å². The maximum absolute atomic E-state index is 14.9. The number of rotatable bonds is 4. The molecule has 0 N–H and O–H groups in total. The van der Waals surface area contributed by atoms with Crippen LogP contribution in [0.15, 0.2) is 36.4 Å². The Morgan fingerprint density at radius 3 is 1.89 bits per heavy atom. The predicted molar refractivity (Wildman–Crippen MR) is 133 cm³/mol. The van der Waals surface area contributed by atoms with Crippen LogP contribution < -0.4 is 0 Å². The highest BCUT2D eigenvalue weighted by Gasteiger charge is 2.39. The molecule has 0 radical (unpaired) electrons. The number of carbonyl (C=O) groups excluding carboxylic acids is 2. The van der Waals surface area contributed by atoms with Gasteiger partial charge in [0.2, 0.25) is 5.91 Å².